The van der Waals surface area contributed by atoms with E-state index in [-0.39, 0.29) is 11.3 Å². The van der Waals surface area contributed by atoms with Crippen LogP contribution in [0.4, 0.5) is 4.39 Å². The summed E-state index contributed by atoms with van der Waals surface area (Å²) in [6.45, 7) is 1.44. The van der Waals surface area contributed by atoms with Crippen molar-refractivity contribution in [2.24, 2.45) is 0 Å². The molecule has 7 nitrogen and oxygen atoms in total. The fourth-order valence-electron chi connectivity index (χ4n) is 1.48. The summed E-state index contributed by atoms with van der Waals surface area (Å²) in [5.74, 6) is -2.59. The standard InChI is InChI=1S/C11H14FNO6S2/c1-3-9(11(14)15)13-21(18,19)10-6-7(20(2,16)17)4-5-8(10)12/h4-6,9,13H,3H2,1-2H3,(H,14,15)/t9-/m1/s1. The summed E-state index contributed by atoms with van der Waals surface area (Å²) < 4.78 is 62.2. The molecule has 10 heteroatoms. The van der Waals surface area contributed by atoms with Gasteiger partial charge in [-0.25, -0.2) is 21.2 Å². The summed E-state index contributed by atoms with van der Waals surface area (Å²) in [6, 6.07) is 0.850. The smallest absolute Gasteiger partial charge is 0.321 e. The molecule has 0 unspecified atom stereocenters. The summed E-state index contributed by atoms with van der Waals surface area (Å²) in [7, 11) is -8.23. The van der Waals surface area contributed by atoms with Crippen LogP contribution < -0.4 is 4.72 Å². The zero-order chi connectivity index (χ0) is 16.4. The lowest BCUT2D eigenvalue weighted by Crippen LogP contribution is -2.40. The fourth-order valence-corrected chi connectivity index (χ4v) is 3.58. The van der Waals surface area contributed by atoms with Crippen LogP contribution in [0.2, 0.25) is 0 Å². The van der Waals surface area contributed by atoms with E-state index >= 15 is 0 Å². The molecule has 0 aliphatic rings. The number of benzene rings is 1. The lowest BCUT2D eigenvalue weighted by atomic mass is 10.2. The Balaban J connectivity index is 3.35. The number of carboxylic acids is 1. The zero-order valence-electron chi connectivity index (χ0n) is 11.2. The van der Waals surface area contributed by atoms with Gasteiger partial charge in [0, 0.05) is 6.26 Å². The van der Waals surface area contributed by atoms with Crippen LogP contribution in [0.15, 0.2) is 28.0 Å². The molecule has 21 heavy (non-hydrogen) atoms. The topological polar surface area (TPSA) is 118 Å². The molecule has 0 radical (unpaired) electrons. The zero-order valence-corrected chi connectivity index (χ0v) is 12.8. The SMILES string of the molecule is CC[C@@H](NS(=O)(=O)c1cc(S(C)(=O)=O)ccc1F)C(=O)O. The van der Waals surface area contributed by atoms with Gasteiger partial charge in [-0.2, -0.15) is 4.72 Å². The maximum absolute atomic E-state index is 13.6. The van der Waals surface area contributed by atoms with Crippen LogP contribution in [-0.2, 0) is 24.7 Å². The molecule has 0 saturated heterocycles. The highest BCUT2D eigenvalue weighted by Crippen LogP contribution is 2.20. The van der Waals surface area contributed by atoms with Gasteiger partial charge in [-0.15, -0.1) is 0 Å². The molecular formula is C11H14FNO6S2. The van der Waals surface area contributed by atoms with E-state index in [0.717, 1.165) is 12.3 Å². The Labute approximate surface area is 121 Å². The number of aliphatic carboxylic acids is 1. The first-order chi connectivity index (χ1) is 9.49. The third-order valence-electron chi connectivity index (χ3n) is 2.62. The molecule has 0 aliphatic carbocycles. The number of carboxylic acid groups (broad SMARTS) is 1. The van der Waals surface area contributed by atoms with Crippen molar-refractivity contribution in [2.75, 3.05) is 6.26 Å². The Morgan fingerprint density at radius 2 is 1.90 bits per heavy atom. The Morgan fingerprint density at radius 3 is 2.33 bits per heavy atom. The first kappa shape index (κ1) is 17.5. The van der Waals surface area contributed by atoms with E-state index in [2.05, 4.69) is 0 Å². The molecule has 118 valence electrons. The number of carbonyl (C=O) groups is 1. The predicted molar refractivity (Wildman–Crippen MR) is 71.5 cm³/mol. The average molecular weight is 339 g/mol. The van der Waals surface area contributed by atoms with Gasteiger partial charge >= 0.3 is 5.97 Å². The van der Waals surface area contributed by atoms with Gasteiger partial charge in [-0.05, 0) is 24.6 Å². The number of sulfone groups is 1. The lowest BCUT2D eigenvalue weighted by molar-refractivity contribution is -0.139. The Hall–Kier alpha value is -1.52. The summed E-state index contributed by atoms with van der Waals surface area (Å²) in [5, 5.41) is 8.82. The number of halogens is 1. The van der Waals surface area contributed by atoms with Gasteiger partial charge in [-0.3, -0.25) is 4.79 Å². The maximum atomic E-state index is 13.6. The van der Waals surface area contributed by atoms with Crippen molar-refractivity contribution in [1.82, 2.24) is 4.72 Å². The monoisotopic (exact) mass is 339 g/mol. The summed E-state index contributed by atoms with van der Waals surface area (Å²) in [6.07, 6.45) is 0.790. The molecule has 0 amide bonds. The normalized spacial score (nSPS) is 13.9. The second-order valence-corrected chi connectivity index (χ2v) is 7.98. The number of hydrogen-bond donors (Lipinski definition) is 2. The van der Waals surface area contributed by atoms with Gasteiger partial charge in [-0.1, -0.05) is 6.92 Å². The molecule has 1 aromatic carbocycles. The van der Waals surface area contributed by atoms with E-state index in [1.54, 1.807) is 0 Å². The number of sulfonamides is 1. The molecule has 0 aromatic heterocycles. The molecule has 0 heterocycles. The number of rotatable bonds is 6. The van der Waals surface area contributed by atoms with E-state index in [4.69, 9.17) is 5.11 Å². The molecule has 0 bridgehead atoms. The van der Waals surface area contributed by atoms with E-state index in [1.807, 2.05) is 4.72 Å². The third-order valence-corrected chi connectivity index (χ3v) is 5.22. The molecule has 0 fully saturated rings. The number of nitrogens with one attached hydrogen (secondary N) is 1. The van der Waals surface area contributed by atoms with Gasteiger partial charge in [0.15, 0.2) is 9.84 Å². The van der Waals surface area contributed by atoms with Crippen molar-refractivity contribution in [3.63, 3.8) is 0 Å². The third kappa shape index (κ3) is 4.22. The van der Waals surface area contributed by atoms with E-state index in [0.29, 0.717) is 12.1 Å². The first-order valence-corrected chi connectivity index (χ1v) is 9.11. The van der Waals surface area contributed by atoms with Crippen molar-refractivity contribution in [2.45, 2.75) is 29.2 Å². The van der Waals surface area contributed by atoms with Crippen molar-refractivity contribution < 1.29 is 31.1 Å². The van der Waals surface area contributed by atoms with Crippen LogP contribution in [0.3, 0.4) is 0 Å². The first-order valence-electron chi connectivity index (χ1n) is 5.73. The van der Waals surface area contributed by atoms with Crippen LogP contribution in [0.25, 0.3) is 0 Å². The summed E-state index contributed by atoms with van der Waals surface area (Å²) in [5.41, 5.74) is 0. The van der Waals surface area contributed by atoms with Crippen LogP contribution in [-0.4, -0.2) is 40.2 Å². The highest BCUT2D eigenvalue weighted by atomic mass is 32.2. The van der Waals surface area contributed by atoms with Crippen LogP contribution in [0.1, 0.15) is 13.3 Å². The molecule has 0 spiro atoms. The second kappa shape index (κ2) is 6.08. The largest absolute Gasteiger partial charge is 0.480 e. The average Bonchev–Trinajstić information content (AvgIpc) is 2.34. The van der Waals surface area contributed by atoms with Crippen molar-refractivity contribution in [3.05, 3.63) is 24.0 Å². The van der Waals surface area contributed by atoms with Gasteiger partial charge in [0.1, 0.15) is 16.8 Å². The number of hydrogen-bond acceptors (Lipinski definition) is 5. The highest BCUT2D eigenvalue weighted by molar-refractivity contribution is 7.91. The lowest BCUT2D eigenvalue weighted by Gasteiger charge is -2.13. The molecule has 0 aliphatic heterocycles. The fraction of sp³-hybridized carbons (Fsp3) is 0.364. The van der Waals surface area contributed by atoms with Gasteiger partial charge in [0.25, 0.3) is 0 Å². The Morgan fingerprint density at radius 1 is 1.33 bits per heavy atom. The highest BCUT2D eigenvalue weighted by Gasteiger charge is 2.27. The van der Waals surface area contributed by atoms with Crippen molar-refractivity contribution in [1.29, 1.82) is 0 Å². The van der Waals surface area contributed by atoms with E-state index in [1.165, 1.54) is 6.92 Å². The van der Waals surface area contributed by atoms with Gasteiger partial charge in [0.05, 0.1) is 4.90 Å². The molecule has 1 atom stereocenters. The van der Waals surface area contributed by atoms with Crippen LogP contribution >= 0.6 is 0 Å². The second-order valence-electron chi connectivity index (χ2n) is 4.28. The minimum Gasteiger partial charge on any atom is -0.480 e. The predicted octanol–water partition coefficient (Wildman–Crippen LogP) is 0.371. The van der Waals surface area contributed by atoms with E-state index < -0.39 is 42.6 Å². The molecule has 2 N–H and O–H groups in total. The summed E-state index contributed by atoms with van der Waals surface area (Å²) >= 11 is 0. The van der Waals surface area contributed by atoms with Gasteiger partial charge in [0.2, 0.25) is 10.0 Å². The van der Waals surface area contributed by atoms with Gasteiger partial charge < -0.3 is 5.11 Å². The van der Waals surface area contributed by atoms with Crippen molar-refractivity contribution >= 4 is 25.8 Å². The van der Waals surface area contributed by atoms with Crippen LogP contribution in [0, 0.1) is 5.82 Å². The Bertz CT molecular complexity index is 757. The summed E-state index contributed by atoms with van der Waals surface area (Å²) in [4.78, 5) is 9.54. The maximum Gasteiger partial charge on any atom is 0.321 e. The minimum absolute atomic E-state index is 0.0536. The van der Waals surface area contributed by atoms with Crippen molar-refractivity contribution in [3.8, 4) is 0 Å². The van der Waals surface area contributed by atoms with Crippen LogP contribution in [0.5, 0.6) is 0 Å². The molecule has 0 saturated carbocycles. The molecule has 1 rings (SSSR count). The molecular weight excluding hydrogens is 325 g/mol. The van der Waals surface area contributed by atoms with E-state index in [9.17, 15) is 26.0 Å². The molecule has 1 aromatic rings. The minimum atomic E-state index is -4.50. The Kier molecular flexibility index (Phi) is 5.07. The quantitative estimate of drug-likeness (QED) is 0.723.